The number of nitrogens with two attached hydrogens (primary N) is 1. The van der Waals surface area contributed by atoms with E-state index in [2.05, 4.69) is 9.97 Å². The van der Waals surface area contributed by atoms with Crippen molar-refractivity contribution in [1.82, 2.24) is 15.0 Å². The first-order valence-corrected chi connectivity index (χ1v) is 14.1. The minimum atomic E-state index is -4.81. The van der Waals surface area contributed by atoms with Crippen LogP contribution in [0.3, 0.4) is 0 Å². The molecule has 2 aromatic heterocycles. The molecule has 1 aliphatic heterocycles. The van der Waals surface area contributed by atoms with Crippen LogP contribution < -0.4 is 15.4 Å². The van der Waals surface area contributed by atoms with Crippen LogP contribution >= 0.6 is 11.3 Å². The van der Waals surface area contributed by atoms with Crippen LogP contribution in [0.1, 0.15) is 13.8 Å². The van der Waals surface area contributed by atoms with Gasteiger partial charge in [-0.15, -0.1) is 0 Å². The smallest absolute Gasteiger partial charge is 0.267 e. The van der Waals surface area contributed by atoms with Gasteiger partial charge in [0, 0.05) is 24.8 Å². The van der Waals surface area contributed by atoms with Gasteiger partial charge in [0.2, 0.25) is 5.95 Å². The normalized spacial score (nSPS) is 17.8. The Morgan fingerprint density at radius 2 is 1.69 bits per heavy atom. The van der Waals surface area contributed by atoms with Gasteiger partial charge in [-0.05, 0) is 44.2 Å². The summed E-state index contributed by atoms with van der Waals surface area (Å²) < 4.78 is 77.7. The molecule has 0 aliphatic carbocycles. The van der Waals surface area contributed by atoms with Crippen molar-refractivity contribution in [2.45, 2.75) is 31.0 Å². The number of rotatable bonds is 6. The summed E-state index contributed by atoms with van der Waals surface area (Å²) in [6, 6.07) is 8.21. The first-order chi connectivity index (χ1) is 18.5. The molecule has 3 heterocycles. The largest absolute Gasteiger partial charge is 0.372 e. The van der Waals surface area contributed by atoms with Crippen LogP contribution in [-0.4, -0.2) is 48.7 Å². The van der Waals surface area contributed by atoms with E-state index in [4.69, 9.17) is 15.5 Å². The summed E-state index contributed by atoms with van der Waals surface area (Å²) in [6.45, 7) is 4.99. The van der Waals surface area contributed by atoms with Crippen LogP contribution in [-0.2, 0) is 14.8 Å². The molecule has 2 atom stereocenters. The number of thiazole rings is 1. The molecule has 0 amide bonds. The van der Waals surface area contributed by atoms with Crippen molar-refractivity contribution in [3.8, 4) is 21.8 Å². The Balaban J connectivity index is 1.60. The topological polar surface area (TPSA) is 123 Å². The zero-order valence-corrected chi connectivity index (χ0v) is 22.4. The van der Waals surface area contributed by atoms with Crippen molar-refractivity contribution >= 4 is 38.1 Å². The maximum Gasteiger partial charge on any atom is 0.267 e. The predicted octanol–water partition coefficient (Wildman–Crippen LogP) is 4.68. The number of aromatic nitrogens is 3. The van der Waals surface area contributed by atoms with Crippen molar-refractivity contribution in [3.05, 3.63) is 66.1 Å². The SMILES string of the molecule is CC1CN(c2nc(-c3cccc(NS(=O)(=O)c4c(F)cccc4F)c3F)c(-c3ccnc(N)n3)s2)CC(C)O1. The van der Waals surface area contributed by atoms with Crippen molar-refractivity contribution in [3.63, 3.8) is 0 Å². The lowest BCUT2D eigenvalue weighted by Gasteiger charge is -2.35. The molecule has 1 saturated heterocycles. The summed E-state index contributed by atoms with van der Waals surface area (Å²) in [4.78, 5) is 14.2. The molecule has 1 aliphatic rings. The van der Waals surface area contributed by atoms with Crippen LogP contribution in [0.15, 0.2) is 53.6 Å². The lowest BCUT2D eigenvalue weighted by Crippen LogP contribution is -2.45. The number of nitrogen functional groups attached to an aromatic ring is 1. The Morgan fingerprint density at radius 1 is 1.03 bits per heavy atom. The summed E-state index contributed by atoms with van der Waals surface area (Å²) in [5.41, 5.74) is 5.83. The molecular weight excluding hydrogens is 553 g/mol. The van der Waals surface area contributed by atoms with Crippen LogP contribution in [0.2, 0.25) is 0 Å². The summed E-state index contributed by atoms with van der Waals surface area (Å²) in [5.74, 6) is -3.58. The van der Waals surface area contributed by atoms with Crippen molar-refractivity contribution < 1.29 is 26.3 Å². The Bertz CT molecular complexity index is 1620. The monoisotopic (exact) mass is 576 g/mol. The summed E-state index contributed by atoms with van der Waals surface area (Å²) in [5, 5.41) is 0.581. The molecule has 0 bridgehead atoms. The Labute approximate surface area is 226 Å². The van der Waals surface area contributed by atoms with Gasteiger partial charge in [-0.25, -0.2) is 36.5 Å². The molecule has 204 valence electrons. The highest BCUT2D eigenvalue weighted by Gasteiger charge is 2.29. The molecule has 3 N–H and O–H groups in total. The average molecular weight is 577 g/mol. The zero-order valence-electron chi connectivity index (χ0n) is 20.7. The fraction of sp³-hybridized carbons (Fsp3) is 0.240. The quantitative estimate of drug-likeness (QED) is 0.339. The fourth-order valence-corrected chi connectivity index (χ4v) is 6.63. The van der Waals surface area contributed by atoms with Crippen LogP contribution in [0.25, 0.3) is 21.8 Å². The van der Waals surface area contributed by atoms with E-state index in [1.54, 1.807) is 6.07 Å². The third-order valence-electron chi connectivity index (χ3n) is 5.90. The summed E-state index contributed by atoms with van der Waals surface area (Å²) >= 11 is 1.26. The summed E-state index contributed by atoms with van der Waals surface area (Å²) in [7, 11) is -4.81. The summed E-state index contributed by atoms with van der Waals surface area (Å²) in [6.07, 6.45) is 1.34. The zero-order chi connectivity index (χ0) is 27.9. The molecule has 14 heteroatoms. The number of hydrogen-bond acceptors (Lipinski definition) is 9. The fourth-order valence-electron chi connectivity index (χ4n) is 4.36. The molecule has 2 unspecified atom stereocenters. The number of halogens is 3. The first kappa shape index (κ1) is 26.8. The van der Waals surface area contributed by atoms with E-state index in [1.165, 1.54) is 29.7 Å². The maximum atomic E-state index is 15.9. The van der Waals surface area contributed by atoms with Gasteiger partial charge in [0.25, 0.3) is 10.0 Å². The maximum absolute atomic E-state index is 15.9. The predicted molar refractivity (Wildman–Crippen MR) is 142 cm³/mol. The number of hydrogen-bond donors (Lipinski definition) is 2. The number of nitrogens with one attached hydrogen (secondary N) is 1. The number of ether oxygens (including phenoxy) is 1. The molecule has 2 aromatic carbocycles. The van der Waals surface area contributed by atoms with Gasteiger partial charge in [-0.2, -0.15) is 0 Å². The van der Waals surface area contributed by atoms with Gasteiger partial charge in [0.1, 0.15) is 11.6 Å². The highest BCUT2D eigenvalue weighted by Crippen LogP contribution is 2.42. The van der Waals surface area contributed by atoms with Crippen LogP contribution in [0.5, 0.6) is 0 Å². The molecule has 4 aromatic rings. The molecule has 39 heavy (non-hydrogen) atoms. The standard InChI is InChI=1S/C25H23F3N6O3S2/c1-13-11-34(12-14(2)37-13)25-32-21(22(38-25)19-9-10-30-24(29)31-19)15-5-3-8-18(20(15)28)33-39(35,36)23-16(26)6-4-7-17(23)27/h3-10,13-14,33H,11-12H2,1-2H3,(H2,29,30,31). The Morgan fingerprint density at radius 3 is 2.36 bits per heavy atom. The van der Waals surface area contributed by atoms with E-state index in [1.807, 2.05) is 23.5 Å². The highest BCUT2D eigenvalue weighted by atomic mass is 32.2. The minimum Gasteiger partial charge on any atom is -0.372 e. The molecule has 0 spiro atoms. The van der Waals surface area contributed by atoms with Gasteiger partial charge in [-0.1, -0.05) is 23.5 Å². The van der Waals surface area contributed by atoms with E-state index in [0.29, 0.717) is 28.8 Å². The lowest BCUT2D eigenvalue weighted by atomic mass is 10.1. The van der Waals surface area contributed by atoms with E-state index in [-0.39, 0.29) is 29.4 Å². The number of benzene rings is 2. The lowest BCUT2D eigenvalue weighted by molar-refractivity contribution is -0.00522. The number of sulfonamides is 1. The number of morpholine rings is 1. The minimum absolute atomic E-state index is 0.0101. The molecule has 9 nitrogen and oxygen atoms in total. The Hall–Kier alpha value is -3.75. The molecule has 5 rings (SSSR count). The van der Waals surface area contributed by atoms with Gasteiger partial charge in [0.05, 0.1) is 34.2 Å². The second-order valence-corrected chi connectivity index (χ2v) is 11.6. The van der Waals surface area contributed by atoms with Gasteiger partial charge < -0.3 is 15.4 Å². The van der Waals surface area contributed by atoms with Crippen molar-refractivity contribution in [2.75, 3.05) is 28.4 Å². The van der Waals surface area contributed by atoms with Crippen molar-refractivity contribution in [1.29, 1.82) is 0 Å². The average Bonchev–Trinajstić information content (AvgIpc) is 3.30. The van der Waals surface area contributed by atoms with E-state index in [0.717, 1.165) is 24.3 Å². The molecule has 0 saturated carbocycles. The second kappa shape index (κ2) is 10.4. The number of anilines is 3. The first-order valence-electron chi connectivity index (χ1n) is 11.8. The Kier molecular flexibility index (Phi) is 7.18. The van der Waals surface area contributed by atoms with Gasteiger partial charge in [-0.3, -0.25) is 4.72 Å². The highest BCUT2D eigenvalue weighted by molar-refractivity contribution is 7.92. The van der Waals surface area contributed by atoms with Gasteiger partial charge in [0.15, 0.2) is 15.8 Å². The number of nitrogens with zero attached hydrogens (tertiary/aromatic N) is 4. The van der Waals surface area contributed by atoms with E-state index >= 15 is 4.39 Å². The van der Waals surface area contributed by atoms with E-state index < -0.39 is 38.1 Å². The van der Waals surface area contributed by atoms with Gasteiger partial charge >= 0.3 is 0 Å². The molecule has 0 radical (unpaired) electrons. The van der Waals surface area contributed by atoms with Crippen molar-refractivity contribution in [2.24, 2.45) is 0 Å². The van der Waals surface area contributed by atoms with Crippen LogP contribution in [0, 0.1) is 17.5 Å². The molecular formula is C25H23F3N6O3S2. The van der Waals surface area contributed by atoms with E-state index in [9.17, 15) is 17.2 Å². The molecule has 1 fully saturated rings. The third-order valence-corrected chi connectivity index (χ3v) is 8.45. The van der Waals surface area contributed by atoms with Crippen LogP contribution in [0.4, 0.5) is 29.9 Å². The third kappa shape index (κ3) is 5.40. The second-order valence-electron chi connectivity index (χ2n) is 8.96.